The molecule has 0 unspecified atom stereocenters. The highest BCUT2D eigenvalue weighted by Gasteiger charge is 2.34. The Kier molecular flexibility index (Phi) is 19.9. The Hall–Kier alpha value is -6.49. The molecule has 5 N–H and O–H groups in total. The zero-order valence-electron chi connectivity index (χ0n) is 45.1. The molecule has 4 aromatic rings. The first-order chi connectivity index (χ1) is 35.4. The first kappa shape index (κ1) is 57.8. The average Bonchev–Trinajstić information content (AvgIpc) is 3.90. The van der Waals surface area contributed by atoms with E-state index in [4.69, 9.17) is 18.9 Å². The Morgan fingerprint density at radius 2 is 1.19 bits per heavy atom. The molecule has 1 saturated carbocycles. The average molecular weight is 1050 g/mol. The normalized spacial score (nSPS) is 16.8. The topological polar surface area (TPSA) is 217 Å². The van der Waals surface area contributed by atoms with E-state index >= 15 is 0 Å². The van der Waals surface area contributed by atoms with Crippen molar-refractivity contribution in [2.75, 3.05) is 19.7 Å². The van der Waals surface area contributed by atoms with Crippen molar-refractivity contribution < 1.29 is 52.5 Å². The second-order valence-corrected chi connectivity index (χ2v) is 23.6. The molecule has 1 heterocycles. The molecule has 1 aromatic heterocycles. The number of nitrogens with one attached hydrogen (secondary N) is 5. The van der Waals surface area contributed by atoms with Gasteiger partial charge in [0.25, 0.3) is 0 Å². The first-order valence-electron chi connectivity index (χ1n) is 26.3. The van der Waals surface area contributed by atoms with E-state index in [0.29, 0.717) is 32.2 Å². The fraction of sp³-hybridized carbons (Fsp3) is 0.534. The number of hydrogen-bond acceptors (Lipinski definition) is 12. The summed E-state index contributed by atoms with van der Waals surface area (Å²) >= 11 is 1.58. The molecule has 5 amide bonds. The molecule has 6 rings (SSSR count). The van der Waals surface area contributed by atoms with Crippen LogP contribution in [0.2, 0.25) is 0 Å². The maximum atomic E-state index is 14.0. The van der Waals surface area contributed by atoms with E-state index in [1.807, 2.05) is 53.9 Å². The lowest BCUT2D eigenvalue weighted by molar-refractivity contribution is -0.159. The van der Waals surface area contributed by atoms with Gasteiger partial charge in [-0.1, -0.05) is 66.7 Å². The van der Waals surface area contributed by atoms with Gasteiger partial charge in [-0.05, 0) is 164 Å². The molecule has 16 nitrogen and oxygen atoms in total. The van der Waals surface area contributed by atoms with Crippen molar-refractivity contribution in [3.8, 4) is 11.1 Å². The quantitative estimate of drug-likeness (QED) is 0.0301. The fourth-order valence-corrected chi connectivity index (χ4v) is 10.5. The number of carbonyl (C=O) groups is 7. The summed E-state index contributed by atoms with van der Waals surface area (Å²) in [6, 6.07) is 20.3. The summed E-state index contributed by atoms with van der Waals surface area (Å²) in [6.45, 7) is 16.3. The fourth-order valence-electron chi connectivity index (χ4n) is 9.48. The highest BCUT2D eigenvalue weighted by Crippen LogP contribution is 2.44. The first-order valence-corrected chi connectivity index (χ1v) is 27.2. The number of rotatable bonds is 21. The van der Waals surface area contributed by atoms with E-state index in [0.717, 1.165) is 50.7 Å². The van der Waals surface area contributed by atoms with Crippen LogP contribution >= 0.6 is 11.3 Å². The third kappa shape index (κ3) is 17.8. The van der Waals surface area contributed by atoms with Gasteiger partial charge in [-0.2, -0.15) is 0 Å². The van der Waals surface area contributed by atoms with Crippen LogP contribution in [0.3, 0.4) is 0 Å². The molecule has 0 spiro atoms. The third-order valence-corrected chi connectivity index (χ3v) is 14.0. The smallest absolute Gasteiger partial charge is 0.407 e. The Balaban J connectivity index is 1.000. The molecule has 2 aliphatic carbocycles. The van der Waals surface area contributed by atoms with Crippen molar-refractivity contribution in [2.45, 2.75) is 167 Å². The van der Waals surface area contributed by atoms with Crippen molar-refractivity contribution in [1.82, 2.24) is 26.6 Å². The van der Waals surface area contributed by atoms with Crippen molar-refractivity contribution in [3.05, 3.63) is 94.9 Å². The molecule has 3 atom stereocenters. The van der Waals surface area contributed by atoms with Gasteiger partial charge in [-0.3, -0.25) is 14.4 Å². The zero-order chi connectivity index (χ0) is 54.5. The number of thiophene rings is 1. The lowest BCUT2D eigenvalue weighted by Gasteiger charge is -2.29. The van der Waals surface area contributed by atoms with Crippen molar-refractivity contribution in [3.63, 3.8) is 0 Å². The van der Waals surface area contributed by atoms with Crippen LogP contribution in [0.15, 0.2) is 78.2 Å². The molecular weight excluding hydrogens is 975 g/mol. The molecule has 0 aliphatic heterocycles. The largest absolute Gasteiger partial charge is 0.460 e. The highest BCUT2D eigenvalue weighted by molar-refractivity contribution is 7.17. The monoisotopic (exact) mass is 1050 g/mol. The highest BCUT2D eigenvalue weighted by atomic mass is 32.1. The second kappa shape index (κ2) is 25.8. The number of hydrogen-bond donors (Lipinski definition) is 5. The van der Waals surface area contributed by atoms with Crippen LogP contribution in [0.25, 0.3) is 21.2 Å². The van der Waals surface area contributed by atoms with E-state index in [1.54, 1.807) is 73.7 Å². The number of esters is 3. The Labute approximate surface area is 445 Å². The van der Waals surface area contributed by atoms with Gasteiger partial charge in [0.05, 0.1) is 0 Å². The number of carbonyl (C=O) groups excluding carboxylic acids is 7. The van der Waals surface area contributed by atoms with Gasteiger partial charge in [0.1, 0.15) is 41.5 Å². The summed E-state index contributed by atoms with van der Waals surface area (Å²) in [7, 11) is 0. The summed E-state index contributed by atoms with van der Waals surface area (Å²) in [5, 5.41) is 17.3. The number of unbranched alkanes of at least 4 members (excludes halogenated alkanes) is 1. The summed E-state index contributed by atoms with van der Waals surface area (Å²) in [6.07, 6.45) is 3.14. The number of fused-ring (bicyclic) bond motifs is 4. The molecular formula is C58H77N5O11S. The molecule has 0 bridgehead atoms. The van der Waals surface area contributed by atoms with Crippen LogP contribution in [-0.2, 0) is 49.3 Å². The SMILES string of the molecule is CC(C)(C)OC(=O)CC[C@H](NC(=O)N[C@@H](CCCCNC(=O)[C@H](Cc1csc2ccccc12)NC(=O)C1CCC(CNC(=O)OCC2c3ccccc3-c3ccccc32)CC1)C(=O)OC(C)(C)C)C(=O)OC(C)(C)C. The van der Waals surface area contributed by atoms with Crippen LogP contribution in [-0.4, -0.2) is 96.5 Å². The van der Waals surface area contributed by atoms with Crippen LogP contribution in [0.1, 0.15) is 143 Å². The third-order valence-electron chi connectivity index (χ3n) is 13.0. The minimum absolute atomic E-state index is 0.0321. The van der Waals surface area contributed by atoms with E-state index < -0.39 is 65.0 Å². The van der Waals surface area contributed by atoms with E-state index in [1.165, 1.54) is 0 Å². The number of ether oxygens (including phenoxy) is 4. The van der Waals surface area contributed by atoms with Crippen LogP contribution in [0.5, 0.6) is 0 Å². The lowest BCUT2D eigenvalue weighted by atomic mass is 9.81. The number of urea groups is 1. The van der Waals surface area contributed by atoms with Crippen molar-refractivity contribution >= 4 is 63.3 Å². The Bertz CT molecular complexity index is 2590. The molecule has 3 aromatic carbocycles. The molecule has 75 heavy (non-hydrogen) atoms. The maximum Gasteiger partial charge on any atom is 0.407 e. The lowest BCUT2D eigenvalue weighted by Crippen LogP contribution is -2.53. The Morgan fingerprint density at radius 1 is 0.627 bits per heavy atom. The van der Waals surface area contributed by atoms with Gasteiger partial charge >= 0.3 is 30.0 Å². The predicted molar refractivity (Wildman–Crippen MR) is 289 cm³/mol. The van der Waals surface area contributed by atoms with E-state index in [2.05, 4.69) is 50.8 Å². The van der Waals surface area contributed by atoms with E-state index in [-0.39, 0.29) is 68.4 Å². The molecule has 0 radical (unpaired) electrons. The van der Waals surface area contributed by atoms with Crippen molar-refractivity contribution in [1.29, 1.82) is 0 Å². The maximum absolute atomic E-state index is 14.0. The molecule has 1 fully saturated rings. The van der Waals surface area contributed by atoms with Crippen molar-refractivity contribution in [2.24, 2.45) is 11.8 Å². The number of amides is 5. The summed E-state index contributed by atoms with van der Waals surface area (Å²) in [4.78, 5) is 93.6. The number of alkyl carbamates (subject to hydrolysis) is 1. The molecule has 17 heteroatoms. The van der Waals surface area contributed by atoms with Gasteiger partial charge in [0, 0.05) is 42.5 Å². The minimum Gasteiger partial charge on any atom is -0.460 e. The molecule has 406 valence electrons. The Morgan fingerprint density at radius 3 is 1.79 bits per heavy atom. The summed E-state index contributed by atoms with van der Waals surface area (Å²) < 4.78 is 23.4. The van der Waals surface area contributed by atoms with E-state index in [9.17, 15) is 33.6 Å². The van der Waals surface area contributed by atoms with Crippen LogP contribution < -0.4 is 26.6 Å². The predicted octanol–water partition coefficient (Wildman–Crippen LogP) is 9.40. The van der Waals surface area contributed by atoms with Gasteiger partial charge in [-0.15, -0.1) is 11.3 Å². The summed E-state index contributed by atoms with van der Waals surface area (Å²) in [5.41, 5.74) is 3.08. The standard InChI is InChI=1S/C58H77N5O11S/c1-56(2,3)72-49(64)30-29-46(53(68)74-58(7,8)9)63-54(69)62-45(52(67)73-57(4,5)6)23-16-17-31-59-51(66)47(32-38-35-75-48-24-15-14-18-39(38)48)61-50(65)37-27-25-36(26-28-37)33-60-55(70)71-34-44-42-21-12-10-19-40(42)41-20-11-13-22-43(41)44/h10-15,18-22,24,35-37,44-47H,16-17,23,25-34H2,1-9H3,(H,59,66)(H,60,70)(H,61,65)(H2,62,63,69)/t36?,37?,45-,46-,47-/m0/s1. The van der Waals surface area contributed by atoms with Gasteiger partial charge in [0.15, 0.2) is 0 Å². The minimum atomic E-state index is -1.23. The van der Waals surface area contributed by atoms with Gasteiger partial charge < -0.3 is 45.5 Å². The van der Waals surface area contributed by atoms with Crippen LogP contribution in [0.4, 0.5) is 9.59 Å². The molecule has 0 saturated heterocycles. The summed E-state index contributed by atoms with van der Waals surface area (Å²) in [5.74, 6) is -2.69. The van der Waals surface area contributed by atoms with Crippen LogP contribution in [0, 0.1) is 11.8 Å². The zero-order valence-corrected chi connectivity index (χ0v) is 45.9. The molecule has 2 aliphatic rings. The van der Waals surface area contributed by atoms with Gasteiger partial charge in [0.2, 0.25) is 11.8 Å². The second-order valence-electron chi connectivity index (χ2n) is 22.6. The number of benzene rings is 3. The van der Waals surface area contributed by atoms with Gasteiger partial charge in [-0.25, -0.2) is 19.2 Å².